The number of hydrogen-bond donors (Lipinski definition) is 1. The lowest BCUT2D eigenvalue weighted by Gasteiger charge is -2.26. The van der Waals surface area contributed by atoms with Crippen molar-refractivity contribution in [3.63, 3.8) is 0 Å². The molecule has 2 heterocycles. The predicted octanol–water partition coefficient (Wildman–Crippen LogP) is 2.08. The molecule has 0 saturated heterocycles. The van der Waals surface area contributed by atoms with E-state index in [9.17, 15) is 9.59 Å². The molecule has 0 atom stereocenters. The summed E-state index contributed by atoms with van der Waals surface area (Å²) in [7, 11) is 1.74. The maximum Gasteiger partial charge on any atom is 0.264 e. The zero-order valence-electron chi connectivity index (χ0n) is 12.2. The Morgan fingerprint density at radius 3 is 3.05 bits per heavy atom. The van der Waals surface area contributed by atoms with E-state index in [1.807, 2.05) is 29.6 Å². The molecular weight excluding hydrogens is 300 g/mol. The lowest BCUT2D eigenvalue weighted by atomic mass is 10.1. The molecule has 0 saturated carbocycles. The van der Waals surface area contributed by atoms with E-state index in [-0.39, 0.29) is 18.4 Å². The van der Waals surface area contributed by atoms with Crippen molar-refractivity contribution < 1.29 is 14.3 Å². The lowest BCUT2D eigenvalue weighted by molar-refractivity contribution is -0.120. The molecule has 0 radical (unpaired) electrons. The second-order valence-corrected chi connectivity index (χ2v) is 5.97. The monoisotopic (exact) mass is 316 g/mol. The standard InChI is InChI=1S/C16H16N2O3S/c1-18-12-9-11(4-5-13(12)21-10-15(18)19)6-7-17-16(20)14-3-2-8-22-14/h2-5,8-9H,6-7,10H2,1H3,(H,17,20). The van der Waals surface area contributed by atoms with Gasteiger partial charge in [-0.15, -0.1) is 11.3 Å². The zero-order valence-corrected chi connectivity index (χ0v) is 13.0. The van der Waals surface area contributed by atoms with Crippen molar-refractivity contribution in [2.45, 2.75) is 6.42 Å². The number of nitrogens with one attached hydrogen (secondary N) is 1. The fourth-order valence-electron chi connectivity index (χ4n) is 2.29. The molecule has 1 aliphatic heterocycles. The quantitative estimate of drug-likeness (QED) is 0.939. The van der Waals surface area contributed by atoms with Gasteiger partial charge in [0.1, 0.15) is 5.75 Å². The highest BCUT2D eigenvalue weighted by Crippen LogP contribution is 2.31. The number of amides is 2. The first-order valence-corrected chi connectivity index (χ1v) is 7.87. The molecule has 6 heteroatoms. The first-order valence-electron chi connectivity index (χ1n) is 6.99. The van der Waals surface area contributed by atoms with Crippen LogP contribution in [0.1, 0.15) is 15.2 Å². The van der Waals surface area contributed by atoms with E-state index in [2.05, 4.69) is 5.32 Å². The largest absolute Gasteiger partial charge is 0.482 e. The molecule has 0 bridgehead atoms. The summed E-state index contributed by atoms with van der Waals surface area (Å²) >= 11 is 1.42. The normalized spacial score (nSPS) is 13.5. The molecule has 3 rings (SSSR count). The Morgan fingerprint density at radius 2 is 2.27 bits per heavy atom. The van der Waals surface area contributed by atoms with Crippen LogP contribution in [0.4, 0.5) is 5.69 Å². The third kappa shape index (κ3) is 2.96. The highest BCUT2D eigenvalue weighted by atomic mass is 32.1. The fraction of sp³-hybridized carbons (Fsp3) is 0.250. The van der Waals surface area contributed by atoms with Crippen LogP contribution in [0, 0.1) is 0 Å². The van der Waals surface area contributed by atoms with Gasteiger partial charge in [-0.2, -0.15) is 0 Å². The highest BCUT2D eigenvalue weighted by molar-refractivity contribution is 7.12. The molecule has 0 aliphatic carbocycles. The summed E-state index contributed by atoms with van der Waals surface area (Å²) in [5, 5.41) is 4.77. The Balaban J connectivity index is 1.62. The van der Waals surface area contributed by atoms with E-state index >= 15 is 0 Å². The molecular formula is C16H16N2O3S. The van der Waals surface area contributed by atoms with Crippen molar-refractivity contribution in [2.24, 2.45) is 0 Å². The van der Waals surface area contributed by atoms with E-state index in [4.69, 9.17) is 4.74 Å². The van der Waals surface area contributed by atoms with Gasteiger partial charge in [-0.25, -0.2) is 0 Å². The first-order chi connectivity index (χ1) is 10.6. The number of fused-ring (bicyclic) bond motifs is 1. The summed E-state index contributed by atoms with van der Waals surface area (Å²) in [4.78, 5) is 25.8. The maximum atomic E-state index is 11.9. The first kappa shape index (κ1) is 14.6. The SMILES string of the molecule is CN1C(=O)COc2ccc(CCNC(=O)c3cccs3)cc21. The third-order valence-corrected chi connectivity index (χ3v) is 4.42. The molecule has 2 aromatic rings. The number of anilines is 1. The Hall–Kier alpha value is -2.34. The molecule has 22 heavy (non-hydrogen) atoms. The number of ether oxygens (including phenoxy) is 1. The molecule has 1 N–H and O–H groups in total. The highest BCUT2D eigenvalue weighted by Gasteiger charge is 2.22. The smallest absolute Gasteiger partial charge is 0.264 e. The van der Waals surface area contributed by atoms with Crippen molar-refractivity contribution in [1.29, 1.82) is 0 Å². The topological polar surface area (TPSA) is 58.6 Å². The number of benzene rings is 1. The van der Waals surface area contributed by atoms with Crippen LogP contribution >= 0.6 is 11.3 Å². The van der Waals surface area contributed by atoms with Crippen LogP contribution in [-0.4, -0.2) is 32.0 Å². The van der Waals surface area contributed by atoms with Crippen LogP contribution in [-0.2, 0) is 11.2 Å². The number of likely N-dealkylation sites (N-methyl/N-ethyl adjacent to an activating group) is 1. The number of carbonyl (C=O) groups excluding carboxylic acids is 2. The molecule has 114 valence electrons. The van der Waals surface area contributed by atoms with Crippen LogP contribution < -0.4 is 15.0 Å². The molecule has 1 aromatic carbocycles. The second kappa shape index (κ2) is 6.19. The van der Waals surface area contributed by atoms with Crippen molar-refractivity contribution in [1.82, 2.24) is 5.32 Å². The molecule has 1 aromatic heterocycles. The Labute approximate surface area is 132 Å². The average Bonchev–Trinajstić information content (AvgIpc) is 3.06. The summed E-state index contributed by atoms with van der Waals surface area (Å²) in [6.45, 7) is 0.633. The van der Waals surface area contributed by atoms with Crippen molar-refractivity contribution in [3.05, 3.63) is 46.2 Å². The molecule has 0 fully saturated rings. The summed E-state index contributed by atoms with van der Waals surface area (Å²) in [6, 6.07) is 9.42. The molecule has 0 spiro atoms. The van der Waals surface area contributed by atoms with E-state index in [0.29, 0.717) is 23.6 Å². The predicted molar refractivity (Wildman–Crippen MR) is 85.7 cm³/mol. The van der Waals surface area contributed by atoms with Gasteiger partial charge in [-0.05, 0) is 35.6 Å². The summed E-state index contributed by atoms with van der Waals surface area (Å²) in [6.07, 6.45) is 0.701. The minimum Gasteiger partial charge on any atom is -0.482 e. The fourth-order valence-corrected chi connectivity index (χ4v) is 2.93. The van der Waals surface area contributed by atoms with Gasteiger partial charge in [0.2, 0.25) is 0 Å². The van der Waals surface area contributed by atoms with Gasteiger partial charge in [0, 0.05) is 13.6 Å². The minimum absolute atomic E-state index is 0.0522. The van der Waals surface area contributed by atoms with Crippen molar-refractivity contribution in [3.8, 4) is 5.75 Å². The van der Waals surface area contributed by atoms with E-state index in [1.54, 1.807) is 18.0 Å². The Morgan fingerprint density at radius 1 is 1.41 bits per heavy atom. The van der Waals surface area contributed by atoms with Crippen molar-refractivity contribution >= 4 is 28.8 Å². The molecule has 5 nitrogen and oxygen atoms in total. The molecule has 0 unspecified atom stereocenters. The number of thiophene rings is 1. The zero-order chi connectivity index (χ0) is 15.5. The third-order valence-electron chi connectivity index (χ3n) is 3.55. The lowest BCUT2D eigenvalue weighted by Crippen LogP contribution is -2.35. The second-order valence-electron chi connectivity index (χ2n) is 5.03. The summed E-state index contributed by atoms with van der Waals surface area (Å²) < 4.78 is 5.39. The van der Waals surface area contributed by atoms with E-state index < -0.39 is 0 Å². The maximum absolute atomic E-state index is 11.9. The van der Waals surface area contributed by atoms with Gasteiger partial charge in [-0.1, -0.05) is 12.1 Å². The van der Waals surface area contributed by atoms with Gasteiger partial charge in [0.25, 0.3) is 11.8 Å². The van der Waals surface area contributed by atoms with Crippen LogP contribution in [0.3, 0.4) is 0 Å². The number of carbonyl (C=O) groups is 2. The van der Waals surface area contributed by atoms with Crippen LogP contribution in [0.15, 0.2) is 35.7 Å². The van der Waals surface area contributed by atoms with Crippen LogP contribution in [0.5, 0.6) is 5.75 Å². The van der Waals surface area contributed by atoms with Crippen molar-refractivity contribution in [2.75, 3.05) is 25.1 Å². The summed E-state index contributed by atoms with van der Waals surface area (Å²) in [5.74, 6) is 0.604. The van der Waals surface area contributed by atoms with E-state index in [0.717, 1.165) is 11.3 Å². The van der Waals surface area contributed by atoms with Gasteiger partial charge in [-0.3, -0.25) is 9.59 Å². The molecule has 1 aliphatic rings. The number of hydrogen-bond acceptors (Lipinski definition) is 4. The minimum atomic E-state index is -0.0596. The number of rotatable bonds is 4. The number of nitrogens with zero attached hydrogens (tertiary/aromatic N) is 1. The van der Waals surface area contributed by atoms with Gasteiger partial charge < -0.3 is 15.0 Å². The summed E-state index contributed by atoms with van der Waals surface area (Å²) in [5.41, 5.74) is 1.83. The Kier molecular flexibility index (Phi) is 4.11. The van der Waals surface area contributed by atoms with Gasteiger partial charge in [0.05, 0.1) is 10.6 Å². The Bertz CT molecular complexity index is 697. The van der Waals surface area contributed by atoms with E-state index in [1.165, 1.54) is 11.3 Å². The van der Waals surface area contributed by atoms with Gasteiger partial charge in [0.15, 0.2) is 6.61 Å². The molecule has 2 amide bonds. The van der Waals surface area contributed by atoms with Crippen LogP contribution in [0.2, 0.25) is 0 Å². The van der Waals surface area contributed by atoms with Crippen LogP contribution in [0.25, 0.3) is 0 Å². The average molecular weight is 316 g/mol. The van der Waals surface area contributed by atoms with Gasteiger partial charge >= 0.3 is 0 Å².